The Bertz CT molecular complexity index is 64.1. The summed E-state index contributed by atoms with van der Waals surface area (Å²) in [6.45, 7) is 4.76. The van der Waals surface area contributed by atoms with Crippen molar-refractivity contribution in [1.82, 2.24) is 0 Å². The molecule has 1 aliphatic rings. The maximum Gasteiger partial charge on any atom is -0.0354 e. The third-order valence-electron chi connectivity index (χ3n) is 2.21. The molecule has 0 bridgehead atoms. The van der Waals surface area contributed by atoms with E-state index in [0.717, 1.165) is 0 Å². The molecular formula is C11H28. The third-order valence-corrected chi connectivity index (χ3v) is 2.21. The summed E-state index contributed by atoms with van der Waals surface area (Å²) in [6, 6.07) is 0. The van der Waals surface area contributed by atoms with Crippen LogP contribution in [-0.4, -0.2) is 0 Å². The topological polar surface area (TPSA) is 0 Å². The second-order valence-electron chi connectivity index (χ2n) is 3.72. The van der Waals surface area contributed by atoms with Gasteiger partial charge in [0.25, 0.3) is 0 Å². The minimum absolute atomic E-state index is 0. The van der Waals surface area contributed by atoms with Crippen molar-refractivity contribution in [2.45, 2.75) is 68.2 Å². The van der Waals surface area contributed by atoms with E-state index in [1.165, 1.54) is 32.1 Å². The summed E-state index contributed by atoms with van der Waals surface area (Å²) in [7, 11) is 0. The predicted octanol–water partition coefficient (Wildman–Crippen LogP) is 4.89. The predicted molar refractivity (Wildman–Crippen MR) is 57.1 cm³/mol. The average Bonchev–Trinajstić information content (AvgIpc) is 1.65. The SMILES string of the molecule is C.C.C.CC1(C)CCCCC1. The summed E-state index contributed by atoms with van der Waals surface area (Å²) < 4.78 is 0. The van der Waals surface area contributed by atoms with Gasteiger partial charge in [-0.1, -0.05) is 55.4 Å². The van der Waals surface area contributed by atoms with Crippen LogP contribution in [0.25, 0.3) is 0 Å². The first kappa shape index (κ1) is 17.2. The Morgan fingerprint density at radius 2 is 1.09 bits per heavy atom. The van der Waals surface area contributed by atoms with Crippen LogP contribution in [0.2, 0.25) is 0 Å². The van der Waals surface area contributed by atoms with Gasteiger partial charge in [-0.2, -0.15) is 0 Å². The molecule has 72 valence electrons. The number of rotatable bonds is 0. The maximum absolute atomic E-state index is 2.38. The molecule has 0 heterocycles. The molecule has 0 nitrogen and oxygen atoms in total. The highest BCUT2D eigenvalue weighted by Crippen LogP contribution is 2.34. The van der Waals surface area contributed by atoms with Gasteiger partial charge in [-0.3, -0.25) is 0 Å². The van der Waals surface area contributed by atoms with Gasteiger partial charge in [0.2, 0.25) is 0 Å². The van der Waals surface area contributed by atoms with Crippen LogP contribution in [0.3, 0.4) is 0 Å². The fourth-order valence-electron chi connectivity index (χ4n) is 1.51. The Morgan fingerprint density at radius 1 is 0.727 bits per heavy atom. The Kier molecular flexibility index (Phi) is 10.5. The van der Waals surface area contributed by atoms with Crippen LogP contribution in [0.5, 0.6) is 0 Å². The lowest BCUT2D eigenvalue weighted by molar-refractivity contribution is 0.244. The highest BCUT2D eigenvalue weighted by molar-refractivity contribution is 4.72. The molecule has 0 aliphatic heterocycles. The zero-order chi connectivity index (χ0) is 6.04. The van der Waals surface area contributed by atoms with Gasteiger partial charge in [-0.15, -0.1) is 0 Å². The van der Waals surface area contributed by atoms with Crippen LogP contribution in [0.15, 0.2) is 0 Å². The molecule has 0 aromatic carbocycles. The van der Waals surface area contributed by atoms with E-state index in [0.29, 0.717) is 5.41 Å². The van der Waals surface area contributed by atoms with Gasteiger partial charge in [-0.25, -0.2) is 0 Å². The largest absolute Gasteiger partial charge is 0.0776 e. The Balaban J connectivity index is -0.000000213. The molecule has 0 heteroatoms. The Labute approximate surface area is 74.4 Å². The van der Waals surface area contributed by atoms with Gasteiger partial charge in [0.05, 0.1) is 0 Å². The van der Waals surface area contributed by atoms with Crippen molar-refractivity contribution in [1.29, 1.82) is 0 Å². The third kappa shape index (κ3) is 6.40. The second kappa shape index (κ2) is 6.69. The van der Waals surface area contributed by atoms with E-state index in [1.807, 2.05) is 0 Å². The molecule has 0 radical (unpaired) electrons. The molecule has 0 unspecified atom stereocenters. The maximum atomic E-state index is 2.38. The van der Waals surface area contributed by atoms with Crippen LogP contribution in [0.4, 0.5) is 0 Å². The first-order valence-corrected chi connectivity index (χ1v) is 3.71. The standard InChI is InChI=1S/C8H16.3CH4/c1-8(2)6-4-3-5-7-8;;;/h3-7H2,1-2H3;3*1H4. The van der Waals surface area contributed by atoms with Crippen LogP contribution >= 0.6 is 0 Å². The highest BCUT2D eigenvalue weighted by atomic mass is 14.3. The van der Waals surface area contributed by atoms with Gasteiger partial charge in [0.15, 0.2) is 0 Å². The molecule has 0 spiro atoms. The Hall–Kier alpha value is 0. The smallest absolute Gasteiger partial charge is 0.0354 e. The van der Waals surface area contributed by atoms with E-state index in [-0.39, 0.29) is 22.3 Å². The van der Waals surface area contributed by atoms with Crippen LogP contribution in [-0.2, 0) is 0 Å². The van der Waals surface area contributed by atoms with Gasteiger partial charge >= 0.3 is 0 Å². The summed E-state index contributed by atoms with van der Waals surface area (Å²) in [5.74, 6) is 0. The molecule has 0 saturated heterocycles. The van der Waals surface area contributed by atoms with Crippen molar-refractivity contribution in [3.05, 3.63) is 0 Å². The van der Waals surface area contributed by atoms with E-state index in [4.69, 9.17) is 0 Å². The minimum Gasteiger partial charge on any atom is -0.0776 e. The summed E-state index contributed by atoms with van der Waals surface area (Å²) in [5, 5.41) is 0. The highest BCUT2D eigenvalue weighted by Gasteiger charge is 2.19. The van der Waals surface area contributed by atoms with Crippen molar-refractivity contribution in [2.75, 3.05) is 0 Å². The molecule has 0 amide bonds. The second-order valence-corrected chi connectivity index (χ2v) is 3.72. The molecule has 11 heavy (non-hydrogen) atoms. The molecule has 1 aliphatic carbocycles. The van der Waals surface area contributed by atoms with E-state index >= 15 is 0 Å². The number of hydrogen-bond acceptors (Lipinski definition) is 0. The van der Waals surface area contributed by atoms with Crippen molar-refractivity contribution >= 4 is 0 Å². The first-order chi connectivity index (χ1) is 3.71. The quantitative estimate of drug-likeness (QED) is 0.473. The van der Waals surface area contributed by atoms with Gasteiger partial charge < -0.3 is 0 Å². The van der Waals surface area contributed by atoms with Crippen molar-refractivity contribution in [3.8, 4) is 0 Å². The van der Waals surface area contributed by atoms with E-state index in [1.54, 1.807) is 0 Å². The Morgan fingerprint density at radius 3 is 1.27 bits per heavy atom. The van der Waals surface area contributed by atoms with E-state index < -0.39 is 0 Å². The fourth-order valence-corrected chi connectivity index (χ4v) is 1.51. The molecular weight excluding hydrogens is 132 g/mol. The fraction of sp³-hybridized carbons (Fsp3) is 1.00. The van der Waals surface area contributed by atoms with Gasteiger partial charge in [-0.05, 0) is 18.3 Å². The molecule has 1 fully saturated rings. The average molecular weight is 160 g/mol. The molecule has 0 aromatic heterocycles. The first-order valence-electron chi connectivity index (χ1n) is 3.71. The zero-order valence-electron chi connectivity index (χ0n) is 6.04. The lowest BCUT2D eigenvalue weighted by atomic mass is 9.78. The number of hydrogen-bond donors (Lipinski definition) is 0. The van der Waals surface area contributed by atoms with Crippen molar-refractivity contribution in [3.63, 3.8) is 0 Å². The molecule has 0 atom stereocenters. The van der Waals surface area contributed by atoms with E-state index in [9.17, 15) is 0 Å². The summed E-state index contributed by atoms with van der Waals surface area (Å²) in [6.07, 6.45) is 7.31. The van der Waals surface area contributed by atoms with E-state index in [2.05, 4.69) is 13.8 Å². The van der Waals surface area contributed by atoms with Crippen LogP contribution < -0.4 is 0 Å². The molecule has 1 rings (SSSR count). The van der Waals surface area contributed by atoms with Crippen LogP contribution in [0.1, 0.15) is 68.2 Å². The lowest BCUT2D eigenvalue weighted by Gasteiger charge is -2.28. The minimum atomic E-state index is 0. The normalized spacial score (nSPS) is 20.2. The summed E-state index contributed by atoms with van der Waals surface area (Å²) in [4.78, 5) is 0. The van der Waals surface area contributed by atoms with Gasteiger partial charge in [0, 0.05) is 0 Å². The monoisotopic (exact) mass is 160 g/mol. The molecule has 1 saturated carbocycles. The van der Waals surface area contributed by atoms with Crippen LogP contribution in [0, 0.1) is 5.41 Å². The summed E-state index contributed by atoms with van der Waals surface area (Å²) in [5.41, 5.74) is 0.679. The molecule has 0 aromatic rings. The molecule has 0 N–H and O–H groups in total. The summed E-state index contributed by atoms with van der Waals surface area (Å²) >= 11 is 0. The lowest BCUT2D eigenvalue weighted by Crippen LogP contribution is -2.14. The van der Waals surface area contributed by atoms with Crippen molar-refractivity contribution < 1.29 is 0 Å². The van der Waals surface area contributed by atoms with Crippen molar-refractivity contribution in [2.24, 2.45) is 5.41 Å². The zero-order valence-corrected chi connectivity index (χ0v) is 6.04. The van der Waals surface area contributed by atoms with Gasteiger partial charge in [0.1, 0.15) is 0 Å².